The van der Waals surface area contributed by atoms with Crippen LogP contribution < -0.4 is 10.6 Å². The van der Waals surface area contributed by atoms with Crippen LogP contribution in [0.5, 0.6) is 0 Å². The maximum absolute atomic E-state index is 12.2. The Balaban J connectivity index is 1.98. The fourth-order valence-corrected chi connectivity index (χ4v) is 3.29. The molecule has 2 rings (SSSR count). The molecule has 0 radical (unpaired) electrons. The largest absolute Gasteiger partial charge is 0.444 e. The third kappa shape index (κ3) is 7.69. The lowest BCUT2D eigenvalue weighted by molar-refractivity contribution is -0.384. The van der Waals surface area contributed by atoms with Gasteiger partial charge < -0.3 is 20.3 Å². The number of ether oxygens (including phenoxy) is 1. The molecule has 0 spiro atoms. The summed E-state index contributed by atoms with van der Waals surface area (Å²) in [4.78, 5) is 25.2. The molecule has 31 heavy (non-hydrogen) atoms. The highest BCUT2D eigenvalue weighted by atomic mass is 16.6. The molecule has 8 heteroatoms. The van der Waals surface area contributed by atoms with Crippen molar-refractivity contribution in [2.24, 2.45) is 5.41 Å². The van der Waals surface area contributed by atoms with Crippen LogP contribution in [0, 0.1) is 15.5 Å². The van der Waals surface area contributed by atoms with E-state index in [0.717, 1.165) is 5.56 Å². The quantitative estimate of drug-likeness (QED) is 0.487. The average molecular weight is 435 g/mol. The lowest BCUT2D eigenvalue weighted by atomic mass is 9.88. The molecular formula is C23H38N4O4. The molecule has 0 aromatic heterocycles. The highest BCUT2D eigenvalue weighted by Gasteiger charge is 2.28. The second kappa shape index (κ2) is 9.85. The van der Waals surface area contributed by atoms with Crippen LogP contribution in [-0.4, -0.2) is 46.7 Å². The van der Waals surface area contributed by atoms with Crippen molar-refractivity contribution in [3.63, 3.8) is 0 Å². The van der Waals surface area contributed by atoms with Crippen molar-refractivity contribution in [3.05, 3.63) is 33.9 Å². The van der Waals surface area contributed by atoms with E-state index in [1.165, 1.54) is 0 Å². The SMILES string of the molecule is C[C@H](NCc1ccc(NC2CCN(C(=O)OC(C)(C)C)CC2)c([N+](=O)[O-])c1)C(C)(C)C. The Bertz CT molecular complexity index is 775. The van der Waals surface area contributed by atoms with E-state index in [9.17, 15) is 14.9 Å². The zero-order valence-corrected chi connectivity index (χ0v) is 19.9. The molecule has 0 bridgehead atoms. The van der Waals surface area contributed by atoms with Gasteiger partial charge in [-0.05, 0) is 57.6 Å². The van der Waals surface area contributed by atoms with Crippen molar-refractivity contribution in [2.45, 2.75) is 85.5 Å². The van der Waals surface area contributed by atoms with Crippen molar-refractivity contribution < 1.29 is 14.5 Å². The number of carbonyl (C=O) groups excluding carboxylic acids is 1. The molecule has 1 saturated heterocycles. The minimum Gasteiger partial charge on any atom is -0.444 e. The molecule has 1 aliphatic rings. The third-order valence-electron chi connectivity index (χ3n) is 5.68. The van der Waals surface area contributed by atoms with Gasteiger partial charge in [0.2, 0.25) is 0 Å². The summed E-state index contributed by atoms with van der Waals surface area (Å²) in [6, 6.07) is 5.70. The van der Waals surface area contributed by atoms with E-state index in [2.05, 4.69) is 38.3 Å². The molecule has 8 nitrogen and oxygen atoms in total. The fraction of sp³-hybridized carbons (Fsp3) is 0.696. The molecule has 1 atom stereocenters. The summed E-state index contributed by atoms with van der Waals surface area (Å²) in [5.41, 5.74) is 1.08. The van der Waals surface area contributed by atoms with Gasteiger partial charge in [0.1, 0.15) is 11.3 Å². The first kappa shape index (κ1) is 24.9. The van der Waals surface area contributed by atoms with Crippen molar-refractivity contribution >= 4 is 17.5 Å². The number of piperidine rings is 1. The number of rotatable bonds is 6. The van der Waals surface area contributed by atoms with Crippen molar-refractivity contribution in [3.8, 4) is 0 Å². The van der Waals surface area contributed by atoms with Crippen molar-refractivity contribution in [1.82, 2.24) is 10.2 Å². The molecule has 0 unspecified atom stereocenters. The molecule has 1 fully saturated rings. The molecule has 0 aliphatic carbocycles. The first-order valence-corrected chi connectivity index (χ1v) is 11.0. The molecule has 0 saturated carbocycles. The number of hydrogen-bond acceptors (Lipinski definition) is 6. The van der Waals surface area contributed by atoms with Gasteiger partial charge in [0.25, 0.3) is 5.69 Å². The summed E-state index contributed by atoms with van der Waals surface area (Å²) in [5, 5.41) is 18.4. The first-order chi connectivity index (χ1) is 14.3. The van der Waals surface area contributed by atoms with Gasteiger partial charge in [-0.25, -0.2) is 4.79 Å². The summed E-state index contributed by atoms with van der Waals surface area (Å²) < 4.78 is 5.43. The molecule has 1 heterocycles. The Morgan fingerprint density at radius 1 is 1.23 bits per heavy atom. The van der Waals surface area contributed by atoms with E-state index in [0.29, 0.717) is 38.2 Å². The highest BCUT2D eigenvalue weighted by Crippen LogP contribution is 2.29. The molecule has 1 aromatic rings. The maximum Gasteiger partial charge on any atom is 0.410 e. The minimum absolute atomic E-state index is 0.0716. The van der Waals surface area contributed by atoms with Gasteiger partial charge in [-0.3, -0.25) is 10.1 Å². The predicted octanol–water partition coefficient (Wildman–Crippen LogP) is 4.93. The van der Waals surface area contributed by atoms with Gasteiger partial charge in [0, 0.05) is 37.8 Å². The van der Waals surface area contributed by atoms with E-state index >= 15 is 0 Å². The van der Waals surface area contributed by atoms with Gasteiger partial charge in [0.05, 0.1) is 4.92 Å². The Labute approximate surface area is 185 Å². The van der Waals surface area contributed by atoms with Crippen LogP contribution in [0.25, 0.3) is 0 Å². The van der Waals surface area contributed by atoms with Crippen LogP contribution in [0.1, 0.15) is 66.9 Å². The number of nitro benzene ring substituents is 1. The molecule has 1 amide bonds. The van der Waals surface area contributed by atoms with E-state index in [1.54, 1.807) is 17.0 Å². The van der Waals surface area contributed by atoms with Crippen LogP contribution in [0.15, 0.2) is 18.2 Å². The molecular weight excluding hydrogens is 396 g/mol. The van der Waals surface area contributed by atoms with E-state index in [1.807, 2.05) is 26.8 Å². The smallest absolute Gasteiger partial charge is 0.410 e. The maximum atomic E-state index is 12.2. The summed E-state index contributed by atoms with van der Waals surface area (Å²) in [6.07, 6.45) is 1.12. The zero-order valence-electron chi connectivity index (χ0n) is 19.9. The zero-order chi connectivity index (χ0) is 23.4. The Morgan fingerprint density at radius 3 is 2.35 bits per heavy atom. The Kier molecular flexibility index (Phi) is 7.92. The lowest BCUT2D eigenvalue weighted by Gasteiger charge is -2.34. The number of carbonyl (C=O) groups is 1. The van der Waals surface area contributed by atoms with Crippen molar-refractivity contribution in [2.75, 3.05) is 18.4 Å². The molecule has 174 valence electrons. The van der Waals surface area contributed by atoms with Gasteiger partial charge in [-0.1, -0.05) is 26.8 Å². The Hall–Kier alpha value is -2.35. The number of amides is 1. The summed E-state index contributed by atoms with van der Waals surface area (Å²) in [5.74, 6) is 0. The topological polar surface area (TPSA) is 96.7 Å². The van der Waals surface area contributed by atoms with Gasteiger partial charge in [0.15, 0.2) is 0 Å². The van der Waals surface area contributed by atoms with Gasteiger partial charge >= 0.3 is 6.09 Å². The van der Waals surface area contributed by atoms with Crippen LogP contribution in [-0.2, 0) is 11.3 Å². The van der Waals surface area contributed by atoms with E-state index in [4.69, 9.17) is 4.74 Å². The predicted molar refractivity (Wildman–Crippen MR) is 123 cm³/mol. The number of nitro groups is 1. The number of nitrogens with one attached hydrogen (secondary N) is 2. The molecule has 1 aliphatic heterocycles. The Morgan fingerprint density at radius 2 is 1.84 bits per heavy atom. The second-order valence-electron chi connectivity index (χ2n) is 10.5. The van der Waals surface area contributed by atoms with Crippen LogP contribution in [0.4, 0.5) is 16.2 Å². The van der Waals surface area contributed by atoms with Crippen LogP contribution >= 0.6 is 0 Å². The lowest BCUT2D eigenvalue weighted by Crippen LogP contribution is -2.44. The second-order valence-corrected chi connectivity index (χ2v) is 10.5. The van der Waals surface area contributed by atoms with Gasteiger partial charge in [-0.15, -0.1) is 0 Å². The number of likely N-dealkylation sites (tertiary alicyclic amines) is 1. The monoisotopic (exact) mass is 434 g/mol. The van der Waals surface area contributed by atoms with Crippen LogP contribution in [0.3, 0.4) is 0 Å². The number of nitrogens with zero attached hydrogens (tertiary/aromatic N) is 2. The van der Waals surface area contributed by atoms with Crippen LogP contribution in [0.2, 0.25) is 0 Å². The summed E-state index contributed by atoms with van der Waals surface area (Å²) in [7, 11) is 0. The van der Waals surface area contributed by atoms with E-state index < -0.39 is 5.60 Å². The van der Waals surface area contributed by atoms with Gasteiger partial charge in [-0.2, -0.15) is 0 Å². The highest BCUT2D eigenvalue weighted by molar-refractivity contribution is 5.68. The third-order valence-corrected chi connectivity index (χ3v) is 5.68. The number of anilines is 1. The average Bonchev–Trinajstić information content (AvgIpc) is 2.65. The fourth-order valence-electron chi connectivity index (χ4n) is 3.29. The number of benzene rings is 1. The van der Waals surface area contributed by atoms with Crippen molar-refractivity contribution in [1.29, 1.82) is 0 Å². The minimum atomic E-state index is -0.520. The standard InChI is InChI=1S/C23H38N4O4/c1-16(22(2,3)4)24-15-17-8-9-19(20(14-17)27(29)30)25-18-10-12-26(13-11-18)21(28)31-23(5,6)7/h8-9,14,16,18,24-25H,10-13,15H2,1-7H3/t16-/m0/s1. The van der Waals surface area contributed by atoms with E-state index in [-0.39, 0.29) is 34.2 Å². The summed E-state index contributed by atoms with van der Waals surface area (Å²) in [6.45, 7) is 15.8. The molecule has 1 aromatic carbocycles. The number of hydrogen-bond donors (Lipinski definition) is 2. The first-order valence-electron chi connectivity index (χ1n) is 11.0. The molecule has 2 N–H and O–H groups in total. The normalized spacial score (nSPS) is 16.7. The summed E-state index contributed by atoms with van der Waals surface area (Å²) >= 11 is 0.